The van der Waals surface area contributed by atoms with Gasteiger partial charge in [-0.3, -0.25) is 9.69 Å². The summed E-state index contributed by atoms with van der Waals surface area (Å²) in [4.78, 5) is 14.5. The Morgan fingerprint density at radius 1 is 1.33 bits per heavy atom. The fourth-order valence-electron chi connectivity index (χ4n) is 3.15. The van der Waals surface area contributed by atoms with E-state index >= 15 is 0 Å². The molecule has 0 aliphatic carbocycles. The molecule has 2 aromatic rings. The van der Waals surface area contributed by atoms with Crippen LogP contribution in [-0.2, 0) is 17.9 Å². The summed E-state index contributed by atoms with van der Waals surface area (Å²) in [6.45, 7) is 2.76. The van der Waals surface area contributed by atoms with Crippen molar-refractivity contribution in [1.29, 1.82) is 0 Å². The van der Waals surface area contributed by atoms with Crippen LogP contribution in [0.1, 0.15) is 12.0 Å². The third kappa shape index (κ3) is 4.39. The highest BCUT2D eigenvalue weighted by atomic mass is 16.3. The molecule has 2 unspecified atom stereocenters. The maximum Gasteiger partial charge on any atom is 0.242 e. The molecular weight excluding hydrogens is 306 g/mol. The third-order valence-corrected chi connectivity index (χ3v) is 4.45. The van der Waals surface area contributed by atoms with Crippen LogP contribution in [0.2, 0.25) is 0 Å². The van der Waals surface area contributed by atoms with E-state index in [0.29, 0.717) is 0 Å². The van der Waals surface area contributed by atoms with E-state index in [4.69, 9.17) is 0 Å². The number of carbonyl (C=O) groups is 1. The van der Waals surface area contributed by atoms with Crippen LogP contribution in [0.25, 0.3) is 0 Å². The van der Waals surface area contributed by atoms with Crippen molar-refractivity contribution in [3.8, 4) is 0 Å². The van der Waals surface area contributed by atoms with E-state index in [9.17, 15) is 9.90 Å². The first-order valence-corrected chi connectivity index (χ1v) is 8.25. The van der Waals surface area contributed by atoms with Crippen molar-refractivity contribution in [1.82, 2.24) is 25.2 Å². The molecule has 0 saturated carbocycles. The van der Waals surface area contributed by atoms with Crippen LogP contribution < -0.4 is 5.32 Å². The van der Waals surface area contributed by atoms with Gasteiger partial charge in [0.15, 0.2) is 0 Å². The van der Waals surface area contributed by atoms with E-state index in [0.717, 1.165) is 26.1 Å². The number of rotatable bonds is 6. The summed E-state index contributed by atoms with van der Waals surface area (Å²) in [6.07, 6.45) is 4.08. The predicted octanol–water partition coefficient (Wildman–Crippen LogP) is 0.277. The number of benzene rings is 1. The summed E-state index contributed by atoms with van der Waals surface area (Å²) in [5.41, 5.74) is 1.26. The maximum absolute atomic E-state index is 12.2. The summed E-state index contributed by atoms with van der Waals surface area (Å²) in [5, 5.41) is 20.2. The van der Waals surface area contributed by atoms with Gasteiger partial charge in [0.05, 0.1) is 6.20 Å². The lowest BCUT2D eigenvalue weighted by atomic mass is 9.92. The smallest absolute Gasteiger partial charge is 0.242 e. The number of nitrogens with zero attached hydrogens (tertiary/aromatic N) is 4. The molecule has 128 valence electrons. The zero-order valence-corrected chi connectivity index (χ0v) is 13.6. The number of aliphatic hydroxyl groups is 1. The average Bonchev–Trinajstić information content (AvgIpc) is 3.09. The van der Waals surface area contributed by atoms with Crippen molar-refractivity contribution < 1.29 is 9.90 Å². The van der Waals surface area contributed by atoms with Crippen LogP contribution in [0, 0.1) is 5.92 Å². The first kappa shape index (κ1) is 16.6. The van der Waals surface area contributed by atoms with Crippen LogP contribution in [0.4, 0.5) is 0 Å². The van der Waals surface area contributed by atoms with E-state index in [1.165, 1.54) is 10.2 Å². The van der Waals surface area contributed by atoms with E-state index in [1.807, 2.05) is 18.2 Å². The van der Waals surface area contributed by atoms with Gasteiger partial charge in [-0.05, 0) is 18.5 Å². The molecular formula is C17H23N5O2. The largest absolute Gasteiger partial charge is 0.396 e. The zero-order chi connectivity index (χ0) is 16.8. The van der Waals surface area contributed by atoms with Gasteiger partial charge in [-0.2, -0.15) is 0 Å². The predicted molar refractivity (Wildman–Crippen MR) is 88.9 cm³/mol. The lowest BCUT2D eigenvalue weighted by molar-refractivity contribution is -0.123. The molecule has 2 N–H and O–H groups in total. The van der Waals surface area contributed by atoms with Gasteiger partial charge in [0.1, 0.15) is 6.54 Å². The van der Waals surface area contributed by atoms with Gasteiger partial charge < -0.3 is 10.4 Å². The van der Waals surface area contributed by atoms with E-state index in [2.05, 4.69) is 32.7 Å². The Labute approximate surface area is 141 Å². The van der Waals surface area contributed by atoms with Crippen molar-refractivity contribution in [3.63, 3.8) is 0 Å². The summed E-state index contributed by atoms with van der Waals surface area (Å²) < 4.78 is 1.49. The molecule has 3 rings (SSSR count). The van der Waals surface area contributed by atoms with Crippen LogP contribution in [0.3, 0.4) is 0 Å². The van der Waals surface area contributed by atoms with Crippen LogP contribution in [0.5, 0.6) is 0 Å². The minimum atomic E-state index is -0.106. The van der Waals surface area contributed by atoms with Gasteiger partial charge in [0, 0.05) is 37.9 Å². The Kier molecular flexibility index (Phi) is 5.55. The molecule has 1 fully saturated rings. The molecule has 1 aliphatic heterocycles. The number of hydrogen-bond acceptors (Lipinski definition) is 5. The second-order valence-corrected chi connectivity index (χ2v) is 6.23. The first-order valence-electron chi connectivity index (χ1n) is 8.25. The minimum absolute atomic E-state index is 0.0523. The molecule has 1 saturated heterocycles. The average molecular weight is 329 g/mol. The molecule has 24 heavy (non-hydrogen) atoms. The molecule has 2 atom stereocenters. The second-order valence-electron chi connectivity index (χ2n) is 6.23. The molecule has 1 aliphatic rings. The Bertz CT molecular complexity index is 632. The van der Waals surface area contributed by atoms with Crippen molar-refractivity contribution in [2.75, 3.05) is 19.7 Å². The van der Waals surface area contributed by atoms with Crippen LogP contribution in [0.15, 0.2) is 42.7 Å². The summed E-state index contributed by atoms with van der Waals surface area (Å²) in [5.74, 6) is -0.0118. The Balaban J connectivity index is 1.57. The quantitative estimate of drug-likeness (QED) is 0.795. The number of nitrogens with one attached hydrogen (secondary N) is 1. The standard InChI is InChI=1S/C17H23N5O2/c23-13-15-6-8-21(10-14-4-2-1-3-5-14)11-16(15)19-17(24)12-22-9-7-18-20-22/h1-5,7,9,15-16,23H,6,8,10-13H2,(H,19,24). The molecule has 0 spiro atoms. The Morgan fingerprint density at radius 2 is 2.17 bits per heavy atom. The normalized spacial score (nSPS) is 21.5. The molecule has 2 heterocycles. The summed E-state index contributed by atoms with van der Waals surface area (Å²) in [7, 11) is 0. The fourth-order valence-corrected chi connectivity index (χ4v) is 3.15. The topological polar surface area (TPSA) is 83.3 Å². The second kappa shape index (κ2) is 8.03. The van der Waals surface area contributed by atoms with E-state index < -0.39 is 0 Å². The van der Waals surface area contributed by atoms with E-state index in [1.54, 1.807) is 12.4 Å². The highest BCUT2D eigenvalue weighted by Crippen LogP contribution is 2.19. The van der Waals surface area contributed by atoms with Crippen molar-refractivity contribution >= 4 is 5.91 Å². The molecule has 1 amide bonds. The third-order valence-electron chi connectivity index (χ3n) is 4.45. The highest BCUT2D eigenvalue weighted by Gasteiger charge is 2.29. The Hall–Kier alpha value is -2.25. The number of aliphatic hydroxyl groups excluding tert-OH is 1. The molecule has 1 aromatic carbocycles. The number of carbonyl (C=O) groups excluding carboxylic acids is 1. The SMILES string of the molecule is O=C(Cn1ccnn1)NC1CN(Cc2ccccc2)CCC1CO. The number of hydrogen-bond donors (Lipinski definition) is 2. The molecule has 0 radical (unpaired) electrons. The summed E-state index contributed by atoms with van der Waals surface area (Å²) in [6, 6.07) is 10.2. The summed E-state index contributed by atoms with van der Waals surface area (Å²) >= 11 is 0. The highest BCUT2D eigenvalue weighted by molar-refractivity contribution is 5.76. The molecule has 1 aromatic heterocycles. The van der Waals surface area contributed by atoms with Gasteiger partial charge >= 0.3 is 0 Å². The monoisotopic (exact) mass is 329 g/mol. The molecule has 0 bridgehead atoms. The lowest BCUT2D eigenvalue weighted by Crippen LogP contribution is -2.53. The Morgan fingerprint density at radius 3 is 2.88 bits per heavy atom. The van der Waals surface area contributed by atoms with Gasteiger partial charge in [-0.25, -0.2) is 4.68 Å². The van der Waals surface area contributed by atoms with Gasteiger partial charge in [0.25, 0.3) is 0 Å². The zero-order valence-electron chi connectivity index (χ0n) is 13.6. The van der Waals surface area contributed by atoms with Gasteiger partial charge in [-0.15, -0.1) is 5.10 Å². The number of piperidine rings is 1. The van der Waals surface area contributed by atoms with E-state index in [-0.39, 0.29) is 31.0 Å². The van der Waals surface area contributed by atoms with Crippen molar-refractivity contribution in [2.24, 2.45) is 5.92 Å². The number of aromatic nitrogens is 3. The number of amides is 1. The minimum Gasteiger partial charge on any atom is -0.396 e. The maximum atomic E-state index is 12.2. The van der Waals surface area contributed by atoms with Crippen LogP contribution in [-0.4, -0.2) is 56.6 Å². The lowest BCUT2D eigenvalue weighted by Gasteiger charge is -2.38. The van der Waals surface area contributed by atoms with Crippen molar-refractivity contribution in [2.45, 2.75) is 25.6 Å². The van der Waals surface area contributed by atoms with Crippen molar-refractivity contribution in [3.05, 3.63) is 48.3 Å². The molecule has 7 heteroatoms. The van der Waals surface area contributed by atoms with Gasteiger partial charge in [0.2, 0.25) is 5.91 Å². The molecule has 7 nitrogen and oxygen atoms in total. The van der Waals surface area contributed by atoms with Gasteiger partial charge in [-0.1, -0.05) is 35.5 Å². The number of likely N-dealkylation sites (tertiary alicyclic amines) is 1. The fraction of sp³-hybridized carbons (Fsp3) is 0.471. The van der Waals surface area contributed by atoms with Crippen LogP contribution >= 0.6 is 0 Å². The first-order chi connectivity index (χ1) is 11.7.